The smallest absolute Gasteiger partial charge is 0.0716 e. The number of hydrogen-bond acceptors (Lipinski definition) is 2. The summed E-state index contributed by atoms with van der Waals surface area (Å²) in [7, 11) is 0. The summed E-state index contributed by atoms with van der Waals surface area (Å²) in [6.45, 7) is 0. The van der Waals surface area contributed by atoms with E-state index in [1.807, 2.05) is 30.6 Å². The van der Waals surface area contributed by atoms with Crippen molar-refractivity contribution in [3.63, 3.8) is 0 Å². The van der Waals surface area contributed by atoms with Gasteiger partial charge in [0.25, 0.3) is 0 Å². The predicted octanol–water partition coefficient (Wildman–Crippen LogP) is 3.94. The molecular formula is C16H10N2. The highest BCUT2D eigenvalue weighted by Crippen LogP contribution is 2.24. The van der Waals surface area contributed by atoms with Crippen molar-refractivity contribution in [2.75, 3.05) is 0 Å². The minimum absolute atomic E-state index is 1.01. The molecule has 0 bridgehead atoms. The van der Waals surface area contributed by atoms with Crippen molar-refractivity contribution in [2.24, 2.45) is 0 Å². The lowest BCUT2D eigenvalue weighted by molar-refractivity contribution is 1.43. The molecule has 0 aliphatic carbocycles. The van der Waals surface area contributed by atoms with Gasteiger partial charge in [0.15, 0.2) is 0 Å². The average Bonchev–Trinajstić information content (AvgIpc) is 2.79. The Morgan fingerprint density at radius 2 is 1.50 bits per heavy atom. The fourth-order valence-electron chi connectivity index (χ4n) is 2.40. The van der Waals surface area contributed by atoms with E-state index in [1.165, 1.54) is 10.8 Å². The molecule has 0 amide bonds. The van der Waals surface area contributed by atoms with E-state index in [-0.39, 0.29) is 0 Å². The number of hydrogen-bond donors (Lipinski definition) is 0. The van der Waals surface area contributed by atoms with E-state index in [0.717, 1.165) is 21.8 Å². The van der Waals surface area contributed by atoms with Gasteiger partial charge in [-0.05, 0) is 12.1 Å². The summed E-state index contributed by atoms with van der Waals surface area (Å²) in [4.78, 5) is 8.96. The summed E-state index contributed by atoms with van der Waals surface area (Å²) in [5.74, 6) is 0. The third-order valence-corrected chi connectivity index (χ3v) is 3.32. The van der Waals surface area contributed by atoms with Crippen LogP contribution in [0.5, 0.6) is 0 Å². The van der Waals surface area contributed by atoms with E-state index in [4.69, 9.17) is 4.98 Å². The molecule has 4 aromatic rings. The van der Waals surface area contributed by atoms with E-state index >= 15 is 0 Å². The van der Waals surface area contributed by atoms with E-state index in [0.29, 0.717) is 0 Å². The third kappa shape index (κ3) is 1.29. The molecule has 0 saturated carbocycles. The second kappa shape index (κ2) is 3.50. The first-order chi connectivity index (χ1) is 8.92. The molecule has 0 fully saturated rings. The molecule has 0 spiro atoms. The molecule has 0 unspecified atom stereocenters. The van der Waals surface area contributed by atoms with E-state index in [9.17, 15) is 0 Å². The molecule has 0 aliphatic rings. The molecule has 4 rings (SSSR count). The Balaban J connectivity index is 2.29. The first-order valence-corrected chi connectivity index (χ1v) is 5.94. The highest BCUT2D eigenvalue weighted by atomic mass is 14.7. The molecule has 2 nitrogen and oxygen atoms in total. The van der Waals surface area contributed by atoms with Crippen molar-refractivity contribution in [2.45, 2.75) is 0 Å². The van der Waals surface area contributed by atoms with Crippen LogP contribution in [-0.4, -0.2) is 9.97 Å². The zero-order valence-electron chi connectivity index (χ0n) is 9.67. The van der Waals surface area contributed by atoms with E-state index < -0.39 is 0 Å². The average molecular weight is 230 g/mol. The second-order valence-electron chi connectivity index (χ2n) is 4.41. The summed E-state index contributed by atoms with van der Waals surface area (Å²) in [6.07, 6.45) is 3.80. The minimum Gasteiger partial charge on any atom is -0.263 e. The molecule has 0 N–H and O–H groups in total. The first-order valence-electron chi connectivity index (χ1n) is 5.94. The number of aromatic nitrogens is 2. The molecule has 2 aromatic carbocycles. The van der Waals surface area contributed by atoms with Gasteiger partial charge in [0.2, 0.25) is 0 Å². The zero-order chi connectivity index (χ0) is 11.9. The number of rotatable bonds is 0. The summed E-state index contributed by atoms with van der Waals surface area (Å²) >= 11 is 0. The summed E-state index contributed by atoms with van der Waals surface area (Å²) < 4.78 is 0. The maximum Gasteiger partial charge on any atom is 0.0716 e. The Labute approximate surface area is 104 Å². The topological polar surface area (TPSA) is 25.8 Å². The van der Waals surface area contributed by atoms with Crippen molar-refractivity contribution in [1.29, 1.82) is 0 Å². The van der Waals surface area contributed by atoms with Crippen molar-refractivity contribution in [3.8, 4) is 0 Å². The van der Waals surface area contributed by atoms with Gasteiger partial charge in [-0.25, -0.2) is 4.98 Å². The van der Waals surface area contributed by atoms with Crippen LogP contribution in [0.4, 0.5) is 0 Å². The largest absolute Gasteiger partial charge is 0.263 e. The molecule has 84 valence electrons. The van der Waals surface area contributed by atoms with Crippen LogP contribution in [-0.2, 0) is 0 Å². The van der Waals surface area contributed by atoms with Crippen LogP contribution >= 0.6 is 0 Å². The van der Waals surface area contributed by atoms with Crippen molar-refractivity contribution >= 4 is 32.6 Å². The predicted molar refractivity (Wildman–Crippen MR) is 74.6 cm³/mol. The van der Waals surface area contributed by atoms with Crippen LogP contribution in [0.15, 0.2) is 60.9 Å². The quantitative estimate of drug-likeness (QED) is 0.457. The molecule has 0 atom stereocenters. The lowest BCUT2D eigenvalue weighted by Gasteiger charge is -1.94. The zero-order valence-corrected chi connectivity index (χ0v) is 9.67. The SMILES string of the molecule is c1ccc2nc3ccc4cncc4c3ccc2c1. The Morgan fingerprint density at radius 3 is 2.50 bits per heavy atom. The van der Waals surface area contributed by atoms with Crippen molar-refractivity contribution < 1.29 is 0 Å². The van der Waals surface area contributed by atoms with Gasteiger partial charge in [0.05, 0.1) is 11.0 Å². The van der Waals surface area contributed by atoms with E-state index in [1.54, 1.807) is 0 Å². The molecular weight excluding hydrogens is 220 g/mol. The van der Waals surface area contributed by atoms with Crippen LogP contribution in [0.1, 0.15) is 0 Å². The van der Waals surface area contributed by atoms with Crippen molar-refractivity contribution in [3.05, 3.63) is 60.9 Å². The Bertz CT molecular complexity index is 881. The minimum atomic E-state index is 1.01. The maximum absolute atomic E-state index is 4.74. The number of nitrogens with zero attached hydrogens (tertiary/aromatic N) is 2. The van der Waals surface area contributed by atoms with E-state index in [2.05, 4.69) is 35.3 Å². The van der Waals surface area contributed by atoms with Gasteiger partial charge < -0.3 is 0 Å². The molecule has 2 aromatic heterocycles. The van der Waals surface area contributed by atoms with Gasteiger partial charge >= 0.3 is 0 Å². The first kappa shape index (κ1) is 9.54. The summed E-state index contributed by atoms with van der Waals surface area (Å²) in [6, 6.07) is 16.6. The molecule has 0 aliphatic heterocycles. The number of para-hydroxylation sites is 1. The summed E-state index contributed by atoms with van der Waals surface area (Å²) in [5.41, 5.74) is 2.03. The highest BCUT2D eigenvalue weighted by Gasteiger charge is 2.02. The lowest BCUT2D eigenvalue weighted by atomic mass is 10.1. The highest BCUT2D eigenvalue weighted by molar-refractivity contribution is 6.06. The van der Waals surface area contributed by atoms with Crippen LogP contribution in [0.3, 0.4) is 0 Å². The summed E-state index contributed by atoms with van der Waals surface area (Å²) in [5, 5.41) is 4.64. The second-order valence-corrected chi connectivity index (χ2v) is 4.41. The van der Waals surface area contributed by atoms with Gasteiger partial charge in [0, 0.05) is 33.9 Å². The fourth-order valence-corrected chi connectivity index (χ4v) is 2.40. The van der Waals surface area contributed by atoms with Gasteiger partial charge in [-0.3, -0.25) is 4.98 Å². The van der Waals surface area contributed by atoms with Gasteiger partial charge in [0.1, 0.15) is 0 Å². The van der Waals surface area contributed by atoms with Crippen LogP contribution < -0.4 is 0 Å². The van der Waals surface area contributed by atoms with Crippen LogP contribution in [0.25, 0.3) is 32.6 Å². The van der Waals surface area contributed by atoms with Gasteiger partial charge in [-0.1, -0.05) is 36.4 Å². The van der Waals surface area contributed by atoms with Crippen LogP contribution in [0, 0.1) is 0 Å². The maximum atomic E-state index is 4.74. The Morgan fingerprint density at radius 1 is 0.611 bits per heavy atom. The molecule has 0 radical (unpaired) electrons. The Hall–Kier alpha value is -2.48. The standard InChI is InChI=1S/C16H10N2/c1-2-4-15-11(3-1)5-7-13-14-10-17-9-12(14)6-8-16(13)18-15/h1-10H. The molecule has 0 saturated heterocycles. The number of benzene rings is 2. The normalized spacial score (nSPS) is 11.3. The molecule has 18 heavy (non-hydrogen) atoms. The van der Waals surface area contributed by atoms with Crippen LogP contribution in [0.2, 0.25) is 0 Å². The lowest BCUT2D eigenvalue weighted by Crippen LogP contribution is -1.74. The molecule has 2 heterocycles. The monoisotopic (exact) mass is 230 g/mol. The van der Waals surface area contributed by atoms with Crippen molar-refractivity contribution in [1.82, 2.24) is 9.97 Å². The Kier molecular flexibility index (Phi) is 1.86. The van der Waals surface area contributed by atoms with Gasteiger partial charge in [-0.2, -0.15) is 0 Å². The number of fused-ring (bicyclic) bond motifs is 4. The fraction of sp³-hybridized carbons (Fsp3) is 0. The third-order valence-electron chi connectivity index (χ3n) is 3.32. The molecule has 2 heteroatoms. The van der Waals surface area contributed by atoms with Gasteiger partial charge in [-0.15, -0.1) is 0 Å².